The van der Waals surface area contributed by atoms with Crippen LogP contribution in [0.25, 0.3) is 0 Å². The van der Waals surface area contributed by atoms with Crippen LogP contribution in [0, 0.1) is 52.3 Å². The lowest BCUT2D eigenvalue weighted by Crippen LogP contribution is -2.55. The third-order valence-electron chi connectivity index (χ3n) is 12.8. The van der Waals surface area contributed by atoms with E-state index in [-0.39, 0.29) is 24.1 Å². The van der Waals surface area contributed by atoms with Crippen LogP contribution in [0.5, 0.6) is 0 Å². The highest BCUT2D eigenvalue weighted by Crippen LogP contribution is 2.70. The molecule has 0 radical (unpaired) electrons. The lowest BCUT2D eigenvalue weighted by molar-refractivity contribution is -0.162. The van der Waals surface area contributed by atoms with E-state index in [4.69, 9.17) is 9.47 Å². The molecular weight excluding hydrogens is 450 g/mol. The van der Waals surface area contributed by atoms with Gasteiger partial charge in [0, 0.05) is 32.5 Å². The molecule has 36 heavy (non-hydrogen) atoms. The van der Waals surface area contributed by atoms with Gasteiger partial charge in [0.2, 0.25) is 0 Å². The number of esters is 2. The Balaban J connectivity index is 1.24. The zero-order valence-electron chi connectivity index (χ0n) is 23.5. The number of rotatable bonds is 2. The Morgan fingerprint density at radius 1 is 0.833 bits per heavy atom. The van der Waals surface area contributed by atoms with Crippen LogP contribution < -0.4 is 0 Å². The molecule has 2 saturated heterocycles. The average Bonchev–Trinajstić information content (AvgIpc) is 3.25. The van der Waals surface area contributed by atoms with Gasteiger partial charge >= 0.3 is 11.9 Å². The van der Waals surface area contributed by atoms with Gasteiger partial charge in [0.1, 0.15) is 12.2 Å². The molecule has 2 heterocycles. The third kappa shape index (κ3) is 3.64. The maximum Gasteiger partial charge on any atom is 0.302 e. The minimum absolute atomic E-state index is 0.0620. The van der Waals surface area contributed by atoms with Crippen LogP contribution in [0.3, 0.4) is 0 Å². The fourth-order valence-electron chi connectivity index (χ4n) is 11.8. The maximum absolute atomic E-state index is 12.0. The zero-order valence-corrected chi connectivity index (χ0v) is 23.5. The van der Waals surface area contributed by atoms with E-state index in [2.05, 4.69) is 32.6 Å². The van der Waals surface area contributed by atoms with E-state index >= 15 is 0 Å². The van der Waals surface area contributed by atoms with Gasteiger partial charge in [0.25, 0.3) is 0 Å². The number of ether oxygens (including phenoxy) is 2. The molecule has 6 fully saturated rings. The number of hydrogen-bond acceptors (Lipinski definition) is 5. The van der Waals surface area contributed by atoms with E-state index < -0.39 is 0 Å². The summed E-state index contributed by atoms with van der Waals surface area (Å²) >= 11 is 0. The van der Waals surface area contributed by atoms with Gasteiger partial charge in [-0.15, -0.1) is 0 Å². The minimum Gasteiger partial charge on any atom is -0.463 e. The monoisotopic (exact) mass is 499 g/mol. The molecule has 5 nitrogen and oxygen atoms in total. The second-order valence-corrected chi connectivity index (χ2v) is 14.6. The van der Waals surface area contributed by atoms with E-state index in [0.29, 0.717) is 40.7 Å². The topological polar surface area (TPSA) is 55.8 Å². The van der Waals surface area contributed by atoms with Crippen molar-refractivity contribution < 1.29 is 19.1 Å². The second kappa shape index (κ2) is 8.71. The van der Waals surface area contributed by atoms with Gasteiger partial charge in [-0.1, -0.05) is 27.7 Å². The summed E-state index contributed by atoms with van der Waals surface area (Å²) in [5, 5.41) is 0. The van der Waals surface area contributed by atoms with E-state index in [9.17, 15) is 9.59 Å². The fourth-order valence-corrected chi connectivity index (χ4v) is 11.8. The van der Waals surface area contributed by atoms with E-state index in [1.165, 1.54) is 45.1 Å². The van der Waals surface area contributed by atoms with Crippen molar-refractivity contribution in [2.75, 3.05) is 6.54 Å². The number of carbonyl (C=O) groups is 2. The van der Waals surface area contributed by atoms with Crippen molar-refractivity contribution in [2.24, 2.45) is 52.3 Å². The quantitative estimate of drug-likeness (QED) is 0.446. The minimum atomic E-state index is -0.115. The fraction of sp³-hybridized carbons (Fsp3) is 0.935. The van der Waals surface area contributed by atoms with Crippen molar-refractivity contribution in [3.8, 4) is 0 Å². The summed E-state index contributed by atoms with van der Waals surface area (Å²) in [4.78, 5) is 26.4. The van der Waals surface area contributed by atoms with Crippen molar-refractivity contribution in [2.45, 2.75) is 124 Å². The molecule has 6 rings (SSSR count). The standard InChI is InChI=1S/C31H49NO4/c1-17-13-27(36-20(4)34)29-18(2)28-26(32(29)16-17)15-25-23-8-7-21-14-22(35-19(3)33)9-11-30(21,5)24(23)10-12-31(25,28)6/h17-18,21-29H,7-16H2,1-6H3/t17?,18-,21-,22-,23+,24-,25-,26-,27-,28-,29-,30-,31-/m0/s1. The lowest BCUT2D eigenvalue weighted by atomic mass is 9.44. The molecule has 2 aliphatic heterocycles. The molecule has 5 heteroatoms. The average molecular weight is 500 g/mol. The van der Waals surface area contributed by atoms with Crippen LogP contribution in [0.1, 0.15) is 99.3 Å². The SMILES string of the molecule is CC(=O)O[C@H]1CC[C@@]2(C)[C@@H](CC[C@@H]3[C@@H]2CC[C@]2(C)[C@H]4[C@H](C)[C@H]5[C@@H](OC(C)=O)CC(C)CN5[C@H]4C[C@@H]32)C1. The summed E-state index contributed by atoms with van der Waals surface area (Å²) in [6.45, 7) is 14.4. The largest absolute Gasteiger partial charge is 0.463 e. The second-order valence-electron chi connectivity index (χ2n) is 14.6. The van der Waals surface area contributed by atoms with E-state index in [1.807, 2.05) is 0 Å². The molecule has 1 unspecified atom stereocenters. The highest BCUT2D eigenvalue weighted by Gasteiger charge is 2.68. The van der Waals surface area contributed by atoms with Crippen LogP contribution in [0.15, 0.2) is 0 Å². The summed E-state index contributed by atoms with van der Waals surface area (Å²) < 4.78 is 11.6. The van der Waals surface area contributed by atoms with Crippen LogP contribution in [0.2, 0.25) is 0 Å². The number of piperidine rings is 1. The molecule has 0 N–H and O–H groups in total. The number of carbonyl (C=O) groups excluding carboxylic acids is 2. The number of fused-ring (bicyclic) bond motifs is 9. The molecule has 6 aliphatic rings. The Morgan fingerprint density at radius 2 is 1.56 bits per heavy atom. The highest BCUT2D eigenvalue weighted by molar-refractivity contribution is 5.66. The van der Waals surface area contributed by atoms with Crippen LogP contribution in [0.4, 0.5) is 0 Å². The maximum atomic E-state index is 12.0. The van der Waals surface area contributed by atoms with Gasteiger partial charge in [0.05, 0.1) is 0 Å². The molecule has 0 spiro atoms. The summed E-state index contributed by atoms with van der Waals surface area (Å²) in [6, 6.07) is 1.06. The van der Waals surface area contributed by atoms with Crippen LogP contribution in [-0.4, -0.2) is 47.7 Å². The first kappa shape index (κ1) is 25.2. The summed E-state index contributed by atoms with van der Waals surface area (Å²) in [7, 11) is 0. The first-order valence-electron chi connectivity index (χ1n) is 15.1. The third-order valence-corrected chi connectivity index (χ3v) is 12.8. The summed E-state index contributed by atoms with van der Waals surface area (Å²) in [6.07, 6.45) is 11.3. The van der Waals surface area contributed by atoms with Gasteiger partial charge in [-0.2, -0.15) is 0 Å². The Labute approximate surface area is 218 Å². The number of hydrogen-bond donors (Lipinski definition) is 0. The Morgan fingerprint density at radius 3 is 2.28 bits per heavy atom. The van der Waals surface area contributed by atoms with Gasteiger partial charge in [-0.3, -0.25) is 14.5 Å². The van der Waals surface area contributed by atoms with Crippen molar-refractivity contribution >= 4 is 11.9 Å². The van der Waals surface area contributed by atoms with Crippen molar-refractivity contribution in [3.63, 3.8) is 0 Å². The van der Waals surface area contributed by atoms with Crippen molar-refractivity contribution in [1.82, 2.24) is 4.90 Å². The van der Waals surface area contributed by atoms with Gasteiger partial charge < -0.3 is 9.47 Å². The first-order chi connectivity index (χ1) is 17.0. The Bertz CT molecular complexity index is 905. The molecule has 4 saturated carbocycles. The van der Waals surface area contributed by atoms with Crippen molar-refractivity contribution in [3.05, 3.63) is 0 Å². The first-order valence-corrected chi connectivity index (χ1v) is 15.1. The Hall–Kier alpha value is -1.10. The van der Waals surface area contributed by atoms with Crippen LogP contribution in [-0.2, 0) is 19.1 Å². The predicted octanol–water partition coefficient (Wildman–Crippen LogP) is 5.85. The molecule has 4 aliphatic carbocycles. The van der Waals surface area contributed by atoms with E-state index in [0.717, 1.165) is 42.9 Å². The number of nitrogens with zero attached hydrogens (tertiary/aromatic N) is 1. The molecule has 13 atom stereocenters. The van der Waals surface area contributed by atoms with Gasteiger partial charge in [-0.25, -0.2) is 0 Å². The molecule has 0 bridgehead atoms. The molecule has 0 amide bonds. The predicted molar refractivity (Wildman–Crippen MR) is 139 cm³/mol. The normalized spacial score (nSPS) is 53.9. The van der Waals surface area contributed by atoms with Crippen LogP contribution >= 0.6 is 0 Å². The molecule has 0 aromatic rings. The highest BCUT2D eigenvalue weighted by atomic mass is 16.5. The summed E-state index contributed by atoms with van der Waals surface area (Å²) in [5.74, 6) is 4.87. The van der Waals surface area contributed by atoms with E-state index in [1.54, 1.807) is 13.8 Å². The van der Waals surface area contributed by atoms with Gasteiger partial charge in [0.15, 0.2) is 0 Å². The van der Waals surface area contributed by atoms with Crippen molar-refractivity contribution in [1.29, 1.82) is 0 Å². The lowest BCUT2D eigenvalue weighted by Gasteiger charge is -2.61. The smallest absolute Gasteiger partial charge is 0.302 e. The molecular formula is C31H49NO4. The van der Waals surface area contributed by atoms with Gasteiger partial charge in [-0.05, 0) is 110 Å². The molecule has 202 valence electrons. The molecule has 0 aromatic carbocycles. The molecule has 0 aromatic heterocycles. The zero-order chi connectivity index (χ0) is 25.6. The Kier molecular flexibility index (Phi) is 6.10. The summed E-state index contributed by atoms with van der Waals surface area (Å²) in [5.41, 5.74) is 0.817.